The lowest BCUT2D eigenvalue weighted by Gasteiger charge is -2.13. The van der Waals surface area contributed by atoms with Gasteiger partial charge in [0.05, 0.1) is 22.1 Å². The van der Waals surface area contributed by atoms with Crippen LogP contribution in [-0.2, 0) is 0 Å². The van der Waals surface area contributed by atoms with Crippen molar-refractivity contribution in [2.75, 3.05) is 0 Å². The number of fused-ring (bicyclic) bond motifs is 2. The molecule has 0 saturated heterocycles. The highest BCUT2D eigenvalue weighted by atomic mass is 35.5. The highest BCUT2D eigenvalue weighted by Crippen LogP contribution is 2.29. The second-order valence-electron chi connectivity index (χ2n) is 5.46. The Bertz CT molecular complexity index is 962. The fraction of sp³-hybridized carbons (Fsp3) is 0.125. The van der Waals surface area contributed by atoms with Crippen LogP contribution in [0.1, 0.15) is 23.9 Å². The molecule has 0 radical (unpaired) electrons. The molecule has 2 aromatic carbocycles. The molecule has 0 amide bonds. The van der Waals surface area contributed by atoms with Crippen molar-refractivity contribution in [3.8, 4) is 0 Å². The molecule has 4 N–H and O–H groups in total. The van der Waals surface area contributed by atoms with E-state index in [4.69, 9.17) is 23.2 Å². The number of benzene rings is 2. The SMILES string of the molecule is Cl.OC(c1nc2ccc(Cl)cc2[nH]1)C(O)c1nc2ccc(Cl)cc2[nH]1. The number of nitrogens with one attached hydrogen (secondary N) is 2. The van der Waals surface area contributed by atoms with E-state index in [0.29, 0.717) is 32.1 Å². The second kappa shape index (κ2) is 6.82. The summed E-state index contributed by atoms with van der Waals surface area (Å²) in [6.45, 7) is 0. The zero-order chi connectivity index (χ0) is 16.8. The average Bonchev–Trinajstić information content (AvgIpc) is 3.16. The van der Waals surface area contributed by atoms with Gasteiger partial charge >= 0.3 is 0 Å². The highest BCUT2D eigenvalue weighted by Gasteiger charge is 2.26. The van der Waals surface area contributed by atoms with E-state index in [1.54, 1.807) is 36.4 Å². The van der Waals surface area contributed by atoms with Gasteiger partial charge in [-0.25, -0.2) is 9.97 Å². The number of hydrogen-bond donors (Lipinski definition) is 4. The van der Waals surface area contributed by atoms with Gasteiger partial charge in [0.15, 0.2) is 0 Å². The van der Waals surface area contributed by atoms with Gasteiger partial charge in [0.1, 0.15) is 23.9 Å². The minimum absolute atomic E-state index is 0. The first kappa shape index (κ1) is 18.0. The van der Waals surface area contributed by atoms with Crippen LogP contribution in [0.2, 0.25) is 10.0 Å². The number of rotatable bonds is 3. The number of hydrogen-bond acceptors (Lipinski definition) is 4. The van der Waals surface area contributed by atoms with Gasteiger partial charge in [-0.05, 0) is 36.4 Å². The van der Waals surface area contributed by atoms with Crippen LogP contribution < -0.4 is 0 Å². The molecule has 130 valence electrons. The van der Waals surface area contributed by atoms with Crippen LogP contribution in [0.3, 0.4) is 0 Å². The summed E-state index contributed by atoms with van der Waals surface area (Å²) in [5.74, 6) is 0.469. The number of aliphatic hydroxyl groups excluding tert-OH is 2. The molecule has 4 aromatic rings. The predicted octanol–water partition coefficient (Wildman–Crippen LogP) is 3.93. The standard InChI is InChI=1S/C16H12Cl2N4O2.ClH/c17-7-1-3-9-11(5-7)21-15(19-9)13(23)14(24)16-20-10-4-2-8(18)6-12(10)22-16;/h1-6,13-14,23-24H,(H,19,21)(H,20,22);1H. The molecule has 0 aliphatic rings. The van der Waals surface area contributed by atoms with Crippen LogP contribution in [0.5, 0.6) is 0 Å². The van der Waals surface area contributed by atoms with Gasteiger partial charge < -0.3 is 20.2 Å². The molecule has 25 heavy (non-hydrogen) atoms. The number of imidazole rings is 2. The van der Waals surface area contributed by atoms with Crippen LogP contribution in [0.4, 0.5) is 0 Å². The van der Waals surface area contributed by atoms with E-state index in [1.165, 1.54) is 0 Å². The Morgan fingerprint density at radius 3 is 1.56 bits per heavy atom. The summed E-state index contributed by atoms with van der Waals surface area (Å²) in [7, 11) is 0. The monoisotopic (exact) mass is 398 g/mol. The predicted molar refractivity (Wildman–Crippen MR) is 99.4 cm³/mol. The van der Waals surface area contributed by atoms with Gasteiger partial charge in [0.2, 0.25) is 0 Å². The van der Waals surface area contributed by atoms with Crippen LogP contribution in [0, 0.1) is 0 Å². The van der Waals surface area contributed by atoms with E-state index >= 15 is 0 Å². The molecule has 4 rings (SSSR count). The molecular weight excluding hydrogens is 387 g/mol. The van der Waals surface area contributed by atoms with Crippen molar-refractivity contribution in [3.63, 3.8) is 0 Å². The number of aliphatic hydroxyl groups is 2. The van der Waals surface area contributed by atoms with Gasteiger partial charge in [-0.15, -0.1) is 12.4 Å². The van der Waals surface area contributed by atoms with Crippen molar-refractivity contribution in [1.82, 2.24) is 19.9 Å². The molecule has 0 fully saturated rings. The summed E-state index contributed by atoms with van der Waals surface area (Å²) in [5, 5.41) is 22.0. The zero-order valence-electron chi connectivity index (χ0n) is 12.6. The molecular formula is C16H13Cl3N4O2. The largest absolute Gasteiger partial charge is 0.382 e. The summed E-state index contributed by atoms with van der Waals surface area (Å²) in [6, 6.07) is 10.3. The minimum Gasteiger partial charge on any atom is -0.382 e. The van der Waals surface area contributed by atoms with Crippen molar-refractivity contribution in [3.05, 3.63) is 58.1 Å². The van der Waals surface area contributed by atoms with E-state index in [0.717, 1.165) is 0 Å². The molecule has 0 bridgehead atoms. The first-order valence-electron chi connectivity index (χ1n) is 7.18. The van der Waals surface area contributed by atoms with Crippen LogP contribution in [-0.4, -0.2) is 30.1 Å². The lowest BCUT2D eigenvalue weighted by Crippen LogP contribution is -2.13. The summed E-state index contributed by atoms with van der Waals surface area (Å²) < 4.78 is 0. The molecule has 0 saturated carbocycles. The Morgan fingerprint density at radius 1 is 0.760 bits per heavy atom. The highest BCUT2D eigenvalue weighted by molar-refractivity contribution is 6.31. The van der Waals surface area contributed by atoms with Crippen molar-refractivity contribution in [1.29, 1.82) is 0 Å². The van der Waals surface area contributed by atoms with Crippen molar-refractivity contribution < 1.29 is 10.2 Å². The molecule has 0 spiro atoms. The Balaban J connectivity index is 0.00000182. The third kappa shape index (κ3) is 3.31. The first-order valence-corrected chi connectivity index (χ1v) is 7.93. The fourth-order valence-corrected chi connectivity index (χ4v) is 2.93. The fourth-order valence-electron chi connectivity index (χ4n) is 2.58. The summed E-state index contributed by atoms with van der Waals surface area (Å²) in [6.07, 6.45) is -2.54. The van der Waals surface area contributed by atoms with Crippen molar-refractivity contribution in [2.45, 2.75) is 12.2 Å². The average molecular weight is 400 g/mol. The number of halogens is 3. The summed E-state index contributed by atoms with van der Waals surface area (Å²) in [5.41, 5.74) is 2.66. The van der Waals surface area contributed by atoms with Crippen molar-refractivity contribution >= 4 is 57.7 Å². The lowest BCUT2D eigenvalue weighted by atomic mass is 10.2. The summed E-state index contributed by atoms with van der Waals surface area (Å²) in [4.78, 5) is 14.5. The van der Waals surface area contributed by atoms with E-state index < -0.39 is 12.2 Å². The summed E-state index contributed by atoms with van der Waals surface area (Å²) >= 11 is 11.9. The van der Waals surface area contributed by atoms with Gasteiger partial charge in [-0.2, -0.15) is 0 Å². The smallest absolute Gasteiger partial charge is 0.145 e. The number of nitrogens with zero attached hydrogens (tertiary/aromatic N) is 2. The van der Waals surface area contributed by atoms with Crippen LogP contribution >= 0.6 is 35.6 Å². The molecule has 2 unspecified atom stereocenters. The van der Waals surface area contributed by atoms with E-state index in [-0.39, 0.29) is 24.1 Å². The maximum atomic E-state index is 10.4. The maximum Gasteiger partial charge on any atom is 0.145 e. The van der Waals surface area contributed by atoms with Crippen LogP contribution in [0.25, 0.3) is 22.1 Å². The molecule has 9 heteroatoms. The Hall–Kier alpha value is -1.83. The van der Waals surface area contributed by atoms with Gasteiger partial charge in [0.25, 0.3) is 0 Å². The molecule has 6 nitrogen and oxygen atoms in total. The topological polar surface area (TPSA) is 97.8 Å². The lowest BCUT2D eigenvalue weighted by molar-refractivity contribution is 0.00780. The molecule has 2 atom stereocenters. The Morgan fingerprint density at radius 2 is 1.16 bits per heavy atom. The van der Waals surface area contributed by atoms with Crippen LogP contribution in [0.15, 0.2) is 36.4 Å². The Kier molecular flexibility index (Phi) is 4.90. The maximum absolute atomic E-state index is 10.4. The second-order valence-corrected chi connectivity index (χ2v) is 6.33. The number of aromatic amines is 2. The molecule has 0 aliphatic heterocycles. The number of H-pyrrole nitrogens is 2. The first-order chi connectivity index (χ1) is 11.5. The third-order valence-corrected chi connectivity index (χ3v) is 4.25. The molecule has 0 aliphatic carbocycles. The molecule has 2 heterocycles. The Labute approximate surface area is 158 Å². The van der Waals surface area contributed by atoms with Gasteiger partial charge in [0, 0.05) is 10.0 Å². The molecule has 2 aromatic heterocycles. The quantitative estimate of drug-likeness (QED) is 0.419. The van der Waals surface area contributed by atoms with Gasteiger partial charge in [-0.3, -0.25) is 0 Å². The number of aromatic nitrogens is 4. The normalized spacial score (nSPS) is 13.8. The van der Waals surface area contributed by atoms with E-state index in [2.05, 4.69) is 19.9 Å². The minimum atomic E-state index is -1.27. The van der Waals surface area contributed by atoms with Crippen molar-refractivity contribution in [2.24, 2.45) is 0 Å². The zero-order valence-corrected chi connectivity index (χ0v) is 14.9. The van der Waals surface area contributed by atoms with Gasteiger partial charge in [-0.1, -0.05) is 23.2 Å². The van der Waals surface area contributed by atoms with E-state index in [1.807, 2.05) is 0 Å². The van der Waals surface area contributed by atoms with E-state index in [9.17, 15) is 10.2 Å². The third-order valence-electron chi connectivity index (χ3n) is 3.78.